The third-order valence-corrected chi connectivity index (χ3v) is 5.04. The lowest BCUT2D eigenvalue weighted by atomic mass is 9.93. The first kappa shape index (κ1) is 21.9. The number of halogens is 2. The lowest BCUT2D eigenvalue weighted by molar-refractivity contribution is -0.138. The third-order valence-electron chi connectivity index (χ3n) is 5.04. The monoisotopic (exact) mass is 421 g/mol. The van der Waals surface area contributed by atoms with E-state index in [-0.39, 0.29) is 29.4 Å². The number of carbonyl (C=O) groups is 1. The molecule has 9 heteroatoms. The van der Waals surface area contributed by atoms with E-state index >= 15 is 0 Å². The van der Waals surface area contributed by atoms with Crippen LogP contribution in [0.4, 0.5) is 14.5 Å². The van der Waals surface area contributed by atoms with Crippen molar-refractivity contribution in [3.05, 3.63) is 35.5 Å². The lowest BCUT2D eigenvalue weighted by Gasteiger charge is -2.33. The molecule has 2 heterocycles. The molecule has 30 heavy (non-hydrogen) atoms. The number of carboxylic acids is 1. The molecule has 1 aromatic carbocycles. The van der Waals surface area contributed by atoms with Crippen molar-refractivity contribution in [1.82, 2.24) is 9.97 Å². The number of rotatable bonds is 8. The quantitative estimate of drug-likeness (QED) is 0.654. The zero-order valence-electron chi connectivity index (χ0n) is 17.0. The standard InChI is InChI=1S/C21H25F2N3O4/c1-13-9-18(30-8-7-29-2)25-21(24-13)15-11-16(22)20(17(23)12-15)26-5-3-14(4-6-26)10-19(27)28/h9,11-12,14H,3-8,10H2,1-2H3,(H,27,28). The van der Waals surface area contributed by atoms with Gasteiger partial charge in [-0.05, 0) is 37.8 Å². The first-order valence-electron chi connectivity index (χ1n) is 9.81. The molecule has 0 spiro atoms. The van der Waals surface area contributed by atoms with Gasteiger partial charge < -0.3 is 19.5 Å². The number of benzene rings is 1. The Morgan fingerprint density at radius 2 is 1.83 bits per heavy atom. The van der Waals surface area contributed by atoms with Crippen molar-refractivity contribution in [3.8, 4) is 17.3 Å². The highest BCUT2D eigenvalue weighted by Crippen LogP contribution is 2.32. The van der Waals surface area contributed by atoms with E-state index in [0.717, 1.165) is 0 Å². The first-order valence-corrected chi connectivity index (χ1v) is 9.81. The average molecular weight is 421 g/mol. The van der Waals surface area contributed by atoms with Crippen LogP contribution in [0.3, 0.4) is 0 Å². The van der Waals surface area contributed by atoms with E-state index in [1.165, 1.54) is 12.1 Å². The van der Waals surface area contributed by atoms with E-state index in [0.29, 0.717) is 50.7 Å². The molecule has 1 aromatic heterocycles. The van der Waals surface area contributed by atoms with Crippen LogP contribution in [0, 0.1) is 24.5 Å². The Morgan fingerprint density at radius 1 is 1.17 bits per heavy atom. The Hall–Kier alpha value is -2.81. The molecule has 1 aliphatic rings. The first-order chi connectivity index (χ1) is 14.4. The van der Waals surface area contributed by atoms with Crippen molar-refractivity contribution in [1.29, 1.82) is 0 Å². The minimum absolute atomic E-state index is 0.0290. The zero-order valence-corrected chi connectivity index (χ0v) is 17.0. The predicted molar refractivity (Wildman–Crippen MR) is 107 cm³/mol. The van der Waals surface area contributed by atoms with Crippen molar-refractivity contribution in [2.45, 2.75) is 26.2 Å². The van der Waals surface area contributed by atoms with Crippen LogP contribution in [0.2, 0.25) is 0 Å². The van der Waals surface area contributed by atoms with Crippen LogP contribution in [-0.4, -0.2) is 54.5 Å². The molecule has 0 saturated carbocycles. The molecule has 0 aliphatic carbocycles. The summed E-state index contributed by atoms with van der Waals surface area (Å²) in [5, 5.41) is 8.91. The van der Waals surface area contributed by atoms with Crippen LogP contribution in [0.5, 0.6) is 5.88 Å². The van der Waals surface area contributed by atoms with Gasteiger partial charge >= 0.3 is 5.97 Å². The summed E-state index contributed by atoms with van der Waals surface area (Å²) < 4.78 is 40.1. The fourth-order valence-electron chi connectivity index (χ4n) is 3.58. The second kappa shape index (κ2) is 9.80. The van der Waals surface area contributed by atoms with E-state index in [9.17, 15) is 13.6 Å². The SMILES string of the molecule is COCCOc1cc(C)nc(-c2cc(F)c(N3CCC(CC(=O)O)CC3)c(F)c2)n1. The van der Waals surface area contributed by atoms with Crippen molar-refractivity contribution in [2.24, 2.45) is 5.92 Å². The molecule has 0 amide bonds. The molecule has 1 aliphatic heterocycles. The van der Waals surface area contributed by atoms with Crippen LogP contribution < -0.4 is 9.64 Å². The molecule has 1 saturated heterocycles. The molecule has 7 nitrogen and oxygen atoms in total. The predicted octanol–water partition coefficient (Wildman–Crippen LogP) is 3.45. The number of aromatic nitrogens is 2. The summed E-state index contributed by atoms with van der Waals surface area (Å²) in [5.74, 6) is -1.74. The summed E-state index contributed by atoms with van der Waals surface area (Å²) in [5.41, 5.74) is 0.726. The maximum atomic E-state index is 14.9. The number of methoxy groups -OCH3 is 1. The summed E-state index contributed by atoms with van der Waals surface area (Å²) in [7, 11) is 1.56. The highest BCUT2D eigenvalue weighted by Gasteiger charge is 2.26. The van der Waals surface area contributed by atoms with Crippen LogP contribution in [0.25, 0.3) is 11.4 Å². The number of aliphatic carboxylic acids is 1. The van der Waals surface area contributed by atoms with Gasteiger partial charge in [0, 0.05) is 43.9 Å². The second-order valence-electron chi connectivity index (χ2n) is 7.33. The summed E-state index contributed by atoms with van der Waals surface area (Å²) in [6, 6.07) is 4.08. The number of ether oxygens (including phenoxy) is 2. The molecule has 0 radical (unpaired) electrons. The zero-order chi connectivity index (χ0) is 21.7. The Morgan fingerprint density at radius 3 is 2.43 bits per heavy atom. The Balaban J connectivity index is 1.79. The van der Waals surface area contributed by atoms with E-state index in [4.69, 9.17) is 14.6 Å². The lowest BCUT2D eigenvalue weighted by Crippen LogP contribution is -2.35. The van der Waals surface area contributed by atoms with E-state index in [1.54, 1.807) is 25.0 Å². The van der Waals surface area contributed by atoms with Gasteiger partial charge in [0.05, 0.1) is 6.61 Å². The number of piperidine rings is 1. The maximum Gasteiger partial charge on any atom is 0.303 e. The van der Waals surface area contributed by atoms with Gasteiger partial charge in [-0.25, -0.2) is 13.8 Å². The summed E-state index contributed by atoms with van der Waals surface area (Å²) in [6.45, 7) is 3.25. The molecule has 0 unspecified atom stereocenters. The third kappa shape index (κ3) is 5.41. The second-order valence-corrected chi connectivity index (χ2v) is 7.33. The fourth-order valence-corrected chi connectivity index (χ4v) is 3.58. The van der Waals surface area contributed by atoms with Gasteiger partial charge in [-0.3, -0.25) is 4.79 Å². The highest BCUT2D eigenvalue weighted by atomic mass is 19.1. The molecular formula is C21H25F2N3O4. The average Bonchev–Trinajstić information content (AvgIpc) is 2.68. The van der Waals surface area contributed by atoms with E-state index < -0.39 is 17.6 Å². The highest BCUT2D eigenvalue weighted by molar-refractivity contribution is 5.67. The largest absolute Gasteiger partial charge is 0.481 e. The molecule has 162 valence electrons. The van der Waals surface area contributed by atoms with Gasteiger partial charge in [-0.1, -0.05) is 0 Å². The summed E-state index contributed by atoms with van der Waals surface area (Å²) in [6.07, 6.45) is 1.24. The normalized spacial score (nSPS) is 14.7. The molecule has 3 rings (SSSR count). The van der Waals surface area contributed by atoms with E-state index in [2.05, 4.69) is 9.97 Å². The molecule has 1 N–H and O–H groups in total. The maximum absolute atomic E-state index is 14.9. The van der Waals surface area contributed by atoms with Crippen molar-refractivity contribution in [3.63, 3.8) is 0 Å². The van der Waals surface area contributed by atoms with Gasteiger partial charge in [0.25, 0.3) is 0 Å². The van der Waals surface area contributed by atoms with Crippen LogP contribution in [0.15, 0.2) is 18.2 Å². The fraction of sp³-hybridized carbons (Fsp3) is 0.476. The van der Waals surface area contributed by atoms with Crippen LogP contribution >= 0.6 is 0 Å². The minimum Gasteiger partial charge on any atom is -0.481 e. The van der Waals surface area contributed by atoms with Crippen LogP contribution in [0.1, 0.15) is 25.0 Å². The Bertz CT molecular complexity index is 879. The van der Waals surface area contributed by atoms with Gasteiger partial charge in [-0.2, -0.15) is 4.98 Å². The summed E-state index contributed by atoms with van der Waals surface area (Å²) in [4.78, 5) is 21.0. The van der Waals surface area contributed by atoms with E-state index in [1.807, 2.05) is 0 Å². The Labute approximate surface area is 173 Å². The number of hydrogen-bond donors (Lipinski definition) is 1. The molecule has 2 aromatic rings. The van der Waals surface area contributed by atoms with Crippen molar-refractivity contribution in [2.75, 3.05) is 38.3 Å². The van der Waals surface area contributed by atoms with Crippen molar-refractivity contribution >= 4 is 11.7 Å². The topological polar surface area (TPSA) is 84.8 Å². The number of carboxylic acid groups (broad SMARTS) is 1. The molecule has 0 atom stereocenters. The Kier molecular flexibility index (Phi) is 7.15. The number of aryl methyl sites for hydroxylation is 1. The smallest absolute Gasteiger partial charge is 0.303 e. The number of anilines is 1. The molecule has 0 bridgehead atoms. The van der Waals surface area contributed by atoms with Gasteiger partial charge in [-0.15, -0.1) is 0 Å². The minimum atomic E-state index is -0.848. The van der Waals surface area contributed by atoms with Gasteiger partial charge in [0.15, 0.2) is 5.82 Å². The van der Waals surface area contributed by atoms with Gasteiger partial charge in [0.1, 0.15) is 23.9 Å². The number of hydrogen-bond acceptors (Lipinski definition) is 6. The number of nitrogens with zero attached hydrogens (tertiary/aromatic N) is 3. The molecule has 1 fully saturated rings. The van der Waals surface area contributed by atoms with Crippen molar-refractivity contribution < 1.29 is 28.2 Å². The van der Waals surface area contributed by atoms with Gasteiger partial charge in [0.2, 0.25) is 5.88 Å². The summed E-state index contributed by atoms with van der Waals surface area (Å²) >= 11 is 0. The van der Waals surface area contributed by atoms with Crippen LogP contribution in [-0.2, 0) is 9.53 Å². The molecular weight excluding hydrogens is 396 g/mol.